The molecule has 0 aliphatic carbocycles. The minimum atomic E-state index is -3.46. The summed E-state index contributed by atoms with van der Waals surface area (Å²) in [6, 6.07) is 11.2. The van der Waals surface area contributed by atoms with E-state index in [4.69, 9.17) is 4.52 Å². The van der Waals surface area contributed by atoms with Crippen molar-refractivity contribution in [1.29, 1.82) is 0 Å². The summed E-state index contributed by atoms with van der Waals surface area (Å²) in [6.07, 6.45) is 0.483. The predicted molar refractivity (Wildman–Crippen MR) is 110 cm³/mol. The molecular weight excluding hydrogens is 411 g/mol. The molecule has 1 atom stereocenters. The highest BCUT2D eigenvalue weighted by molar-refractivity contribution is 7.92. The molecule has 0 spiro atoms. The summed E-state index contributed by atoms with van der Waals surface area (Å²) in [5, 5.41) is 6.58. The molecule has 1 unspecified atom stereocenters. The number of aromatic nitrogens is 2. The van der Waals surface area contributed by atoms with Gasteiger partial charge in [-0.3, -0.25) is 9.52 Å². The quantitative estimate of drug-likeness (QED) is 0.563. The van der Waals surface area contributed by atoms with Gasteiger partial charge in [0.05, 0.1) is 5.75 Å². The van der Waals surface area contributed by atoms with Gasteiger partial charge in [-0.05, 0) is 55.8 Å². The highest BCUT2D eigenvalue weighted by Gasteiger charge is 2.19. The number of anilines is 1. The lowest BCUT2D eigenvalue weighted by atomic mass is 10.2. The Morgan fingerprint density at radius 2 is 1.93 bits per heavy atom. The summed E-state index contributed by atoms with van der Waals surface area (Å²) in [5.41, 5.74) is 1.16. The second kappa shape index (κ2) is 9.04. The van der Waals surface area contributed by atoms with E-state index in [1.54, 1.807) is 32.0 Å². The molecule has 0 bridgehead atoms. The fourth-order valence-electron chi connectivity index (χ4n) is 2.69. The number of carbonyl (C=O) groups excluding carboxylic acids is 1. The van der Waals surface area contributed by atoms with Gasteiger partial charge >= 0.3 is 0 Å². The predicted octanol–water partition coefficient (Wildman–Crippen LogP) is 3.52. The topological polar surface area (TPSA) is 114 Å². The largest absolute Gasteiger partial charge is 0.341 e. The van der Waals surface area contributed by atoms with E-state index in [1.165, 1.54) is 30.3 Å². The molecule has 0 saturated heterocycles. The molecule has 8 nitrogen and oxygen atoms in total. The second-order valence-corrected chi connectivity index (χ2v) is 8.50. The number of rotatable bonds is 8. The van der Waals surface area contributed by atoms with Crippen molar-refractivity contribution in [2.45, 2.75) is 26.3 Å². The molecule has 1 amide bonds. The number of sulfonamides is 1. The van der Waals surface area contributed by atoms with Gasteiger partial charge in [-0.25, -0.2) is 12.8 Å². The standard InChI is InChI=1S/C20H21FN4O4S/c1-3-11-30(27,28)25-17-6-4-5-15(12-17)19(26)22-13(2)20-23-18(24-29-20)14-7-9-16(21)10-8-14/h4-10,12-13,25H,3,11H2,1-2H3,(H,22,26). The molecule has 0 saturated carbocycles. The van der Waals surface area contributed by atoms with Crippen LogP contribution in [0.25, 0.3) is 11.4 Å². The number of hydrogen-bond acceptors (Lipinski definition) is 6. The lowest BCUT2D eigenvalue weighted by molar-refractivity contribution is 0.0932. The minimum absolute atomic E-state index is 0.00594. The monoisotopic (exact) mass is 432 g/mol. The van der Waals surface area contributed by atoms with Crippen LogP contribution in [0.15, 0.2) is 53.1 Å². The van der Waals surface area contributed by atoms with Crippen LogP contribution in [-0.4, -0.2) is 30.2 Å². The van der Waals surface area contributed by atoms with Gasteiger partial charge in [0.25, 0.3) is 5.91 Å². The van der Waals surface area contributed by atoms with Gasteiger partial charge in [0.2, 0.25) is 21.7 Å². The Balaban J connectivity index is 1.69. The van der Waals surface area contributed by atoms with Gasteiger partial charge in [0, 0.05) is 16.8 Å². The van der Waals surface area contributed by atoms with Crippen molar-refractivity contribution in [3.63, 3.8) is 0 Å². The van der Waals surface area contributed by atoms with E-state index < -0.39 is 22.0 Å². The average Bonchev–Trinajstić information content (AvgIpc) is 3.18. The third kappa shape index (κ3) is 5.41. The third-order valence-electron chi connectivity index (χ3n) is 4.13. The highest BCUT2D eigenvalue weighted by atomic mass is 32.2. The van der Waals surface area contributed by atoms with E-state index in [0.717, 1.165) is 0 Å². The van der Waals surface area contributed by atoms with Crippen LogP contribution in [0.1, 0.15) is 42.6 Å². The molecule has 3 aromatic rings. The zero-order chi connectivity index (χ0) is 21.7. The molecular formula is C20H21FN4O4S. The van der Waals surface area contributed by atoms with Crippen molar-refractivity contribution >= 4 is 21.6 Å². The molecule has 1 aromatic heterocycles. The zero-order valence-electron chi connectivity index (χ0n) is 16.4. The van der Waals surface area contributed by atoms with E-state index in [2.05, 4.69) is 20.2 Å². The first-order valence-corrected chi connectivity index (χ1v) is 10.9. The maximum atomic E-state index is 13.0. The van der Waals surface area contributed by atoms with E-state index >= 15 is 0 Å². The molecule has 30 heavy (non-hydrogen) atoms. The molecule has 0 fully saturated rings. The Morgan fingerprint density at radius 1 is 1.20 bits per heavy atom. The summed E-state index contributed by atoms with van der Waals surface area (Å²) in [4.78, 5) is 16.8. The molecule has 158 valence electrons. The van der Waals surface area contributed by atoms with E-state index in [-0.39, 0.29) is 28.8 Å². The van der Waals surface area contributed by atoms with Crippen LogP contribution >= 0.6 is 0 Å². The molecule has 3 rings (SSSR count). The van der Waals surface area contributed by atoms with Gasteiger partial charge < -0.3 is 9.84 Å². The van der Waals surface area contributed by atoms with Crippen LogP contribution in [0.5, 0.6) is 0 Å². The molecule has 10 heteroatoms. The van der Waals surface area contributed by atoms with E-state index in [0.29, 0.717) is 17.7 Å². The molecule has 0 aliphatic rings. The lowest BCUT2D eigenvalue weighted by Crippen LogP contribution is -2.27. The second-order valence-electron chi connectivity index (χ2n) is 6.66. The van der Waals surface area contributed by atoms with Crippen molar-refractivity contribution in [3.05, 3.63) is 65.8 Å². The van der Waals surface area contributed by atoms with Crippen LogP contribution in [0.4, 0.5) is 10.1 Å². The van der Waals surface area contributed by atoms with Crippen molar-refractivity contribution in [3.8, 4) is 11.4 Å². The van der Waals surface area contributed by atoms with Gasteiger partial charge in [-0.15, -0.1) is 0 Å². The number of carbonyl (C=O) groups is 1. The van der Waals surface area contributed by atoms with Crippen LogP contribution in [0.3, 0.4) is 0 Å². The lowest BCUT2D eigenvalue weighted by Gasteiger charge is -2.11. The number of nitrogens with zero attached hydrogens (tertiary/aromatic N) is 2. The normalized spacial score (nSPS) is 12.4. The van der Waals surface area contributed by atoms with Gasteiger partial charge in [-0.1, -0.05) is 18.1 Å². The number of nitrogens with one attached hydrogen (secondary N) is 2. The number of benzene rings is 2. The average molecular weight is 432 g/mol. The summed E-state index contributed by atoms with van der Waals surface area (Å²) < 4.78 is 44.5. The summed E-state index contributed by atoms with van der Waals surface area (Å²) in [6.45, 7) is 3.44. The number of halogens is 1. The van der Waals surface area contributed by atoms with Crippen molar-refractivity contribution in [2.24, 2.45) is 0 Å². The van der Waals surface area contributed by atoms with Gasteiger partial charge in [0.15, 0.2) is 0 Å². The van der Waals surface area contributed by atoms with Crippen LogP contribution in [-0.2, 0) is 10.0 Å². The molecule has 0 aliphatic heterocycles. The minimum Gasteiger partial charge on any atom is -0.341 e. The summed E-state index contributed by atoms with van der Waals surface area (Å²) in [7, 11) is -3.46. The Labute approximate surface area is 173 Å². The maximum Gasteiger partial charge on any atom is 0.251 e. The highest BCUT2D eigenvalue weighted by Crippen LogP contribution is 2.20. The third-order valence-corrected chi connectivity index (χ3v) is 5.63. The van der Waals surface area contributed by atoms with Crippen molar-refractivity contribution < 1.29 is 22.1 Å². The number of amides is 1. The molecule has 0 radical (unpaired) electrons. The Kier molecular flexibility index (Phi) is 6.46. The fraction of sp³-hybridized carbons (Fsp3) is 0.250. The van der Waals surface area contributed by atoms with E-state index in [1.807, 2.05) is 0 Å². The Hall–Kier alpha value is -3.27. The summed E-state index contributed by atoms with van der Waals surface area (Å²) in [5.74, 6) is -0.350. The van der Waals surface area contributed by atoms with Crippen molar-refractivity contribution in [1.82, 2.24) is 15.5 Å². The smallest absolute Gasteiger partial charge is 0.251 e. The zero-order valence-corrected chi connectivity index (χ0v) is 17.2. The Bertz CT molecular complexity index is 1130. The first kappa shape index (κ1) is 21.4. The molecule has 2 N–H and O–H groups in total. The molecule has 1 heterocycles. The van der Waals surface area contributed by atoms with E-state index in [9.17, 15) is 17.6 Å². The molecule has 2 aromatic carbocycles. The summed E-state index contributed by atoms with van der Waals surface area (Å²) >= 11 is 0. The Morgan fingerprint density at radius 3 is 2.63 bits per heavy atom. The van der Waals surface area contributed by atoms with Gasteiger partial charge in [0.1, 0.15) is 11.9 Å². The maximum absolute atomic E-state index is 13.0. The SMILES string of the molecule is CCCS(=O)(=O)Nc1cccc(C(=O)NC(C)c2nc(-c3ccc(F)cc3)no2)c1. The van der Waals surface area contributed by atoms with Crippen molar-refractivity contribution in [2.75, 3.05) is 10.5 Å². The van der Waals surface area contributed by atoms with Crippen LogP contribution in [0.2, 0.25) is 0 Å². The first-order valence-electron chi connectivity index (χ1n) is 9.28. The van der Waals surface area contributed by atoms with Crippen LogP contribution < -0.4 is 10.0 Å². The van der Waals surface area contributed by atoms with Gasteiger partial charge in [-0.2, -0.15) is 4.98 Å². The first-order chi connectivity index (χ1) is 14.3. The van der Waals surface area contributed by atoms with Crippen LogP contribution in [0, 0.1) is 5.82 Å². The fourth-order valence-corrected chi connectivity index (χ4v) is 3.82. The number of hydrogen-bond donors (Lipinski definition) is 2.